The summed E-state index contributed by atoms with van der Waals surface area (Å²) in [5.74, 6) is 0.437. The van der Waals surface area contributed by atoms with Gasteiger partial charge in [-0.25, -0.2) is 0 Å². The van der Waals surface area contributed by atoms with Crippen LogP contribution in [-0.4, -0.2) is 12.5 Å². The van der Waals surface area contributed by atoms with Crippen molar-refractivity contribution in [2.45, 2.75) is 20.8 Å². The number of carbonyl (C=O) groups is 1. The summed E-state index contributed by atoms with van der Waals surface area (Å²) in [5.41, 5.74) is 0. The first-order chi connectivity index (χ1) is 7.66. The quantitative estimate of drug-likeness (QED) is 0.540. The van der Waals surface area contributed by atoms with Gasteiger partial charge in [-0.1, -0.05) is 56.4 Å². The van der Waals surface area contributed by atoms with Crippen LogP contribution < -0.4 is 5.32 Å². The standard InChI is InChI=1S/C14H21NO/c1-4-5-6-7-8-9-10-11-14(16)15-12-13(2)3/h4-11,13H,12H2,1-3H3,(H,15,16). The summed E-state index contributed by atoms with van der Waals surface area (Å²) in [5, 5.41) is 2.80. The lowest BCUT2D eigenvalue weighted by Crippen LogP contribution is -2.25. The smallest absolute Gasteiger partial charge is 0.243 e. The largest absolute Gasteiger partial charge is 0.352 e. The second-order valence-electron chi connectivity index (χ2n) is 3.79. The summed E-state index contributed by atoms with van der Waals surface area (Å²) < 4.78 is 0. The zero-order valence-electron chi connectivity index (χ0n) is 10.3. The summed E-state index contributed by atoms with van der Waals surface area (Å²) in [7, 11) is 0. The predicted molar refractivity (Wildman–Crippen MR) is 70.1 cm³/mol. The van der Waals surface area contributed by atoms with Crippen LogP contribution in [-0.2, 0) is 4.79 Å². The van der Waals surface area contributed by atoms with E-state index < -0.39 is 0 Å². The van der Waals surface area contributed by atoms with Gasteiger partial charge < -0.3 is 5.32 Å². The van der Waals surface area contributed by atoms with E-state index in [-0.39, 0.29) is 5.91 Å². The van der Waals surface area contributed by atoms with Gasteiger partial charge in [-0.2, -0.15) is 0 Å². The van der Waals surface area contributed by atoms with E-state index in [1.807, 2.05) is 43.4 Å². The van der Waals surface area contributed by atoms with Gasteiger partial charge in [0.25, 0.3) is 0 Å². The predicted octanol–water partition coefficient (Wildman–Crippen LogP) is 3.00. The fourth-order valence-corrected chi connectivity index (χ4v) is 0.874. The second-order valence-corrected chi connectivity index (χ2v) is 3.79. The lowest BCUT2D eigenvalue weighted by molar-refractivity contribution is -0.116. The number of carbonyl (C=O) groups excluding carboxylic acids is 1. The van der Waals surface area contributed by atoms with Crippen LogP contribution in [0.2, 0.25) is 0 Å². The van der Waals surface area contributed by atoms with Crippen molar-refractivity contribution in [3.63, 3.8) is 0 Å². The molecule has 1 N–H and O–H groups in total. The normalized spacial score (nSPS) is 12.8. The molecule has 0 aromatic carbocycles. The van der Waals surface area contributed by atoms with Crippen molar-refractivity contribution >= 4 is 5.91 Å². The minimum Gasteiger partial charge on any atom is -0.352 e. The molecule has 2 heteroatoms. The molecule has 0 aliphatic heterocycles. The average molecular weight is 219 g/mol. The van der Waals surface area contributed by atoms with Crippen LogP contribution >= 0.6 is 0 Å². The Labute approximate surface area is 98.4 Å². The van der Waals surface area contributed by atoms with Crippen molar-refractivity contribution in [1.82, 2.24) is 5.32 Å². The summed E-state index contributed by atoms with van der Waals surface area (Å²) >= 11 is 0. The molecule has 0 atom stereocenters. The molecule has 2 nitrogen and oxygen atoms in total. The van der Waals surface area contributed by atoms with Crippen molar-refractivity contribution in [1.29, 1.82) is 0 Å². The molecule has 0 bridgehead atoms. The molecular weight excluding hydrogens is 198 g/mol. The van der Waals surface area contributed by atoms with Crippen LogP contribution in [0, 0.1) is 5.92 Å². The topological polar surface area (TPSA) is 29.1 Å². The fourth-order valence-electron chi connectivity index (χ4n) is 0.874. The van der Waals surface area contributed by atoms with Gasteiger partial charge in [-0.3, -0.25) is 4.79 Å². The highest BCUT2D eigenvalue weighted by atomic mass is 16.1. The van der Waals surface area contributed by atoms with Gasteiger partial charge in [0.2, 0.25) is 5.91 Å². The molecule has 0 radical (unpaired) electrons. The number of allylic oxidation sites excluding steroid dienone is 7. The number of amides is 1. The van der Waals surface area contributed by atoms with Gasteiger partial charge >= 0.3 is 0 Å². The van der Waals surface area contributed by atoms with Crippen molar-refractivity contribution in [2.75, 3.05) is 6.54 Å². The average Bonchev–Trinajstić information content (AvgIpc) is 2.25. The molecule has 0 saturated carbocycles. The molecule has 0 rings (SSSR count). The minimum absolute atomic E-state index is 0.0456. The van der Waals surface area contributed by atoms with Gasteiger partial charge in [0.15, 0.2) is 0 Å². The lowest BCUT2D eigenvalue weighted by atomic mass is 10.2. The zero-order valence-corrected chi connectivity index (χ0v) is 10.3. The van der Waals surface area contributed by atoms with Crippen molar-refractivity contribution < 1.29 is 4.79 Å². The molecule has 88 valence electrons. The van der Waals surface area contributed by atoms with Gasteiger partial charge in [0.05, 0.1) is 0 Å². The van der Waals surface area contributed by atoms with E-state index in [0.717, 1.165) is 0 Å². The van der Waals surface area contributed by atoms with Crippen molar-refractivity contribution in [3.05, 3.63) is 48.6 Å². The van der Waals surface area contributed by atoms with Gasteiger partial charge in [-0.15, -0.1) is 0 Å². The van der Waals surface area contributed by atoms with Crippen LogP contribution in [0.3, 0.4) is 0 Å². The van der Waals surface area contributed by atoms with E-state index in [1.165, 1.54) is 6.08 Å². The molecule has 0 spiro atoms. The van der Waals surface area contributed by atoms with Crippen molar-refractivity contribution in [3.8, 4) is 0 Å². The zero-order chi connectivity index (χ0) is 12.2. The summed E-state index contributed by atoms with van der Waals surface area (Å²) in [4.78, 5) is 11.2. The highest BCUT2D eigenvalue weighted by molar-refractivity contribution is 5.87. The summed E-state index contributed by atoms with van der Waals surface area (Å²) in [6.07, 6.45) is 14.7. The Bertz CT molecular complexity index is 296. The van der Waals surface area contributed by atoms with Gasteiger partial charge in [0, 0.05) is 12.6 Å². The van der Waals surface area contributed by atoms with Crippen LogP contribution in [0.5, 0.6) is 0 Å². The highest BCUT2D eigenvalue weighted by Crippen LogP contribution is 1.87. The Morgan fingerprint density at radius 3 is 2.19 bits per heavy atom. The van der Waals surface area contributed by atoms with E-state index in [9.17, 15) is 4.79 Å². The minimum atomic E-state index is -0.0456. The Morgan fingerprint density at radius 1 is 1.06 bits per heavy atom. The number of nitrogens with one attached hydrogen (secondary N) is 1. The Balaban J connectivity index is 3.78. The number of hydrogen-bond donors (Lipinski definition) is 1. The summed E-state index contributed by atoms with van der Waals surface area (Å²) in [6.45, 7) is 6.81. The maximum Gasteiger partial charge on any atom is 0.243 e. The molecule has 0 unspecified atom stereocenters. The maximum absolute atomic E-state index is 11.2. The first-order valence-electron chi connectivity index (χ1n) is 5.57. The molecule has 0 heterocycles. The van der Waals surface area contributed by atoms with Gasteiger partial charge in [0.1, 0.15) is 0 Å². The third-order valence-corrected chi connectivity index (χ3v) is 1.68. The number of rotatable bonds is 6. The van der Waals surface area contributed by atoms with E-state index in [4.69, 9.17) is 0 Å². The second kappa shape index (κ2) is 9.97. The molecule has 0 saturated heterocycles. The van der Waals surface area contributed by atoms with Crippen LogP contribution in [0.4, 0.5) is 0 Å². The fraction of sp³-hybridized carbons (Fsp3) is 0.357. The molecule has 0 aliphatic rings. The van der Waals surface area contributed by atoms with Crippen LogP contribution in [0.1, 0.15) is 20.8 Å². The molecule has 0 aromatic heterocycles. The Kier molecular flexibility index (Phi) is 8.99. The monoisotopic (exact) mass is 219 g/mol. The SMILES string of the molecule is CC=CC=CC=CC=CC(=O)NCC(C)C. The molecular formula is C14H21NO. The van der Waals surface area contributed by atoms with E-state index >= 15 is 0 Å². The maximum atomic E-state index is 11.2. The first kappa shape index (κ1) is 14.4. The van der Waals surface area contributed by atoms with Crippen LogP contribution in [0.25, 0.3) is 0 Å². The third kappa shape index (κ3) is 10.5. The van der Waals surface area contributed by atoms with E-state index in [0.29, 0.717) is 12.5 Å². The first-order valence-corrected chi connectivity index (χ1v) is 5.57. The molecule has 1 amide bonds. The Hall–Kier alpha value is -1.57. The third-order valence-electron chi connectivity index (χ3n) is 1.68. The summed E-state index contributed by atoms with van der Waals surface area (Å²) in [6, 6.07) is 0. The highest BCUT2D eigenvalue weighted by Gasteiger charge is 1.95. The number of hydrogen-bond acceptors (Lipinski definition) is 1. The van der Waals surface area contributed by atoms with E-state index in [2.05, 4.69) is 19.2 Å². The lowest BCUT2D eigenvalue weighted by Gasteiger charge is -2.03. The molecule has 0 fully saturated rings. The van der Waals surface area contributed by atoms with Crippen LogP contribution in [0.15, 0.2) is 48.6 Å². The van der Waals surface area contributed by atoms with E-state index in [1.54, 1.807) is 6.08 Å². The van der Waals surface area contributed by atoms with Gasteiger partial charge in [-0.05, 0) is 12.8 Å². The molecule has 0 aromatic rings. The molecule has 16 heavy (non-hydrogen) atoms. The molecule has 0 aliphatic carbocycles. The Morgan fingerprint density at radius 2 is 1.62 bits per heavy atom. The van der Waals surface area contributed by atoms with Crippen molar-refractivity contribution in [2.24, 2.45) is 5.92 Å².